The summed E-state index contributed by atoms with van der Waals surface area (Å²) in [6, 6.07) is 0. The van der Waals surface area contributed by atoms with Gasteiger partial charge in [0.25, 0.3) is 0 Å². The maximum atomic E-state index is 6.09. The molecule has 0 fully saturated rings. The molecule has 0 aliphatic rings. The predicted octanol–water partition coefficient (Wildman–Crippen LogP) is 21.4. The molecule has 0 aliphatic carbocycles. The summed E-state index contributed by atoms with van der Waals surface area (Å²) in [5.74, 6) is 4.83. The van der Waals surface area contributed by atoms with E-state index < -0.39 is 0 Å². The molecule has 0 aromatic carbocycles. The molecule has 0 aromatic heterocycles. The summed E-state index contributed by atoms with van der Waals surface area (Å²) in [5, 5.41) is 0.861. The Bertz CT molecular complexity index is 671. The van der Waals surface area contributed by atoms with Crippen LogP contribution >= 0.6 is 23.4 Å². The van der Waals surface area contributed by atoms with Crippen molar-refractivity contribution in [3.63, 3.8) is 0 Å². The number of hydrogen-bond donors (Lipinski definition) is 0. The third kappa shape index (κ3) is 47.5. The van der Waals surface area contributed by atoms with Gasteiger partial charge in [0, 0.05) is 11.1 Å². The lowest BCUT2D eigenvalue weighted by molar-refractivity contribution is 0.364. The van der Waals surface area contributed by atoms with Crippen molar-refractivity contribution in [2.75, 3.05) is 11.6 Å². The lowest BCUT2D eigenvalue weighted by Gasteiger charge is -2.21. The standard InChI is InChI=1S/C55H111ClS/c1-6-8-10-12-14-16-18-20-22-24-26-28-30-32-34-36-44-54(45-37-35-33-31-29-27-25-23-21-19-17-15-13-11-9-7-2)46-38-39-47-55(57-51-41-50-56)49-48-53(5)43-40-42-52(3)4/h52-55H,6-51H2,1-5H3. The van der Waals surface area contributed by atoms with Gasteiger partial charge in [-0.05, 0) is 49.2 Å². The first-order chi connectivity index (χ1) is 28.0. The summed E-state index contributed by atoms with van der Waals surface area (Å²) in [5.41, 5.74) is 0. The molecule has 2 heteroatoms. The highest BCUT2D eigenvalue weighted by Gasteiger charge is 2.14. The van der Waals surface area contributed by atoms with Crippen LogP contribution in [0.15, 0.2) is 0 Å². The fourth-order valence-corrected chi connectivity index (χ4v) is 10.9. The van der Waals surface area contributed by atoms with E-state index in [1.165, 1.54) is 288 Å². The maximum Gasteiger partial charge on any atom is 0.0231 e. The third-order valence-electron chi connectivity index (χ3n) is 13.4. The first-order valence-corrected chi connectivity index (χ1v) is 28.8. The second-order valence-electron chi connectivity index (χ2n) is 19.9. The van der Waals surface area contributed by atoms with Crippen LogP contribution in [0, 0.1) is 17.8 Å². The average Bonchev–Trinajstić information content (AvgIpc) is 3.20. The van der Waals surface area contributed by atoms with E-state index in [0.717, 1.165) is 28.9 Å². The van der Waals surface area contributed by atoms with E-state index in [-0.39, 0.29) is 0 Å². The summed E-state index contributed by atoms with van der Waals surface area (Å²) in [4.78, 5) is 0. The van der Waals surface area contributed by atoms with Crippen LogP contribution in [0.2, 0.25) is 0 Å². The molecule has 0 heterocycles. The van der Waals surface area contributed by atoms with Crippen molar-refractivity contribution < 1.29 is 0 Å². The topological polar surface area (TPSA) is 0 Å². The molecule has 0 aliphatic heterocycles. The van der Waals surface area contributed by atoms with Crippen molar-refractivity contribution in [3.8, 4) is 0 Å². The normalized spacial score (nSPS) is 13.1. The number of halogens is 1. The summed E-state index contributed by atoms with van der Waals surface area (Å²) >= 11 is 8.35. The minimum absolute atomic E-state index is 0.825. The van der Waals surface area contributed by atoms with Crippen molar-refractivity contribution in [1.82, 2.24) is 0 Å². The molecular weight excluding hydrogens is 728 g/mol. The van der Waals surface area contributed by atoms with Crippen molar-refractivity contribution in [2.45, 2.75) is 322 Å². The molecule has 0 amide bonds. The van der Waals surface area contributed by atoms with Gasteiger partial charge in [-0.1, -0.05) is 291 Å². The number of hydrogen-bond acceptors (Lipinski definition) is 1. The molecule has 0 rings (SSSR count). The first-order valence-electron chi connectivity index (χ1n) is 27.2. The zero-order chi connectivity index (χ0) is 41.5. The SMILES string of the molecule is CCCCCCCCCCCCCCCCCCC(CCCCCCCCCCCCCCCCCC)CCCCC(CCC(C)CCCC(C)C)SCCCCl. The molecule has 2 atom stereocenters. The molecule has 0 radical (unpaired) electrons. The monoisotopic (exact) mass is 839 g/mol. The molecule has 344 valence electrons. The van der Waals surface area contributed by atoms with E-state index in [9.17, 15) is 0 Å². The summed E-state index contributed by atoms with van der Waals surface area (Å²) in [6.45, 7) is 11.9. The quantitative estimate of drug-likeness (QED) is 0.0434. The number of unbranched alkanes of at least 4 members (excludes halogenated alkanes) is 31. The van der Waals surface area contributed by atoms with Crippen LogP contribution in [-0.4, -0.2) is 16.9 Å². The zero-order valence-electron chi connectivity index (χ0n) is 40.6. The lowest BCUT2D eigenvalue weighted by atomic mass is 9.89. The minimum atomic E-state index is 0.825. The fourth-order valence-electron chi connectivity index (χ4n) is 9.31. The van der Waals surface area contributed by atoms with Crippen LogP contribution < -0.4 is 0 Å². The Morgan fingerprint density at radius 1 is 0.316 bits per heavy atom. The van der Waals surface area contributed by atoms with Gasteiger partial charge in [0.2, 0.25) is 0 Å². The van der Waals surface area contributed by atoms with Crippen LogP contribution in [0.1, 0.15) is 317 Å². The van der Waals surface area contributed by atoms with E-state index >= 15 is 0 Å². The molecule has 0 spiro atoms. The summed E-state index contributed by atoms with van der Waals surface area (Å²) in [7, 11) is 0. The Balaban J connectivity index is 4.38. The molecule has 0 bridgehead atoms. The molecule has 0 saturated heterocycles. The number of thioether (sulfide) groups is 1. The largest absolute Gasteiger partial charge is 0.159 e. The van der Waals surface area contributed by atoms with Gasteiger partial charge in [0.1, 0.15) is 0 Å². The van der Waals surface area contributed by atoms with Crippen LogP contribution in [0.5, 0.6) is 0 Å². The maximum absolute atomic E-state index is 6.09. The van der Waals surface area contributed by atoms with Gasteiger partial charge in [-0.2, -0.15) is 11.8 Å². The Morgan fingerprint density at radius 3 is 1.00 bits per heavy atom. The highest BCUT2D eigenvalue weighted by Crippen LogP contribution is 2.29. The van der Waals surface area contributed by atoms with Crippen molar-refractivity contribution in [1.29, 1.82) is 0 Å². The zero-order valence-corrected chi connectivity index (χ0v) is 42.2. The van der Waals surface area contributed by atoms with Crippen LogP contribution in [0.4, 0.5) is 0 Å². The molecule has 57 heavy (non-hydrogen) atoms. The van der Waals surface area contributed by atoms with Crippen LogP contribution in [0.25, 0.3) is 0 Å². The van der Waals surface area contributed by atoms with Gasteiger partial charge in [-0.25, -0.2) is 0 Å². The van der Waals surface area contributed by atoms with E-state index in [4.69, 9.17) is 11.6 Å². The van der Waals surface area contributed by atoms with Gasteiger partial charge < -0.3 is 0 Å². The molecule has 0 aromatic rings. The minimum Gasteiger partial charge on any atom is -0.159 e. The van der Waals surface area contributed by atoms with Gasteiger partial charge in [-0.3, -0.25) is 0 Å². The van der Waals surface area contributed by atoms with Gasteiger partial charge in [-0.15, -0.1) is 11.6 Å². The Hall–Kier alpha value is 0.640. The van der Waals surface area contributed by atoms with Gasteiger partial charge >= 0.3 is 0 Å². The highest BCUT2D eigenvalue weighted by atomic mass is 35.5. The Labute approximate surface area is 373 Å². The highest BCUT2D eigenvalue weighted by molar-refractivity contribution is 7.99. The average molecular weight is 840 g/mol. The van der Waals surface area contributed by atoms with Crippen molar-refractivity contribution in [3.05, 3.63) is 0 Å². The van der Waals surface area contributed by atoms with Gasteiger partial charge in [0.05, 0.1) is 0 Å². The predicted molar refractivity (Wildman–Crippen MR) is 269 cm³/mol. The van der Waals surface area contributed by atoms with Gasteiger partial charge in [0.15, 0.2) is 0 Å². The Kier molecular flexibility index (Phi) is 49.9. The number of alkyl halides is 1. The molecule has 0 nitrogen and oxygen atoms in total. The van der Waals surface area contributed by atoms with E-state index in [1.807, 2.05) is 0 Å². The summed E-state index contributed by atoms with van der Waals surface area (Å²) in [6.07, 6.45) is 64.3. The van der Waals surface area contributed by atoms with Crippen molar-refractivity contribution in [2.24, 2.45) is 17.8 Å². The van der Waals surface area contributed by atoms with E-state index in [1.54, 1.807) is 0 Å². The second kappa shape index (κ2) is 49.3. The Morgan fingerprint density at radius 2 is 0.649 bits per heavy atom. The third-order valence-corrected chi connectivity index (χ3v) is 15.1. The van der Waals surface area contributed by atoms with E-state index in [2.05, 4.69) is 46.4 Å². The van der Waals surface area contributed by atoms with E-state index in [0.29, 0.717) is 0 Å². The first kappa shape index (κ1) is 57.6. The number of rotatable bonds is 50. The second-order valence-corrected chi connectivity index (χ2v) is 21.7. The molecule has 0 saturated carbocycles. The smallest absolute Gasteiger partial charge is 0.0231 e. The van der Waals surface area contributed by atoms with Crippen LogP contribution in [0.3, 0.4) is 0 Å². The fraction of sp³-hybridized carbons (Fsp3) is 1.00. The van der Waals surface area contributed by atoms with Crippen molar-refractivity contribution >= 4 is 23.4 Å². The molecule has 0 N–H and O–H groups in total. The molecule has 2 unspecified atom stereocenters. The van der Waals surface area contributed by atoms with Crippen LogP contribution in [-0.2, 0) is 0 Å². The lowest BCUT2D eigenvalue weighted by Crippen LogP contribution is -2.08. The molecular formula is C55H111ClS. The summed E-state index contributed by atoms with van der Waals surface area (Å²) < 4.78 is 0.